The summed E-state index contributed by atoms with van der Waals surface area (Å²) in [4.78, 5) is 4.14. The van der Waals surface area contributed by atoms with Crippen molar-refractivity contribution in [3.8, 4) is 0 Å². The van der Waals surface area contributed by atoms with Crippen LogP contribution < -0.4 is 4.72 Å². The number of nitrogens with one attached hydrogen (secondary N) is 1. The molecule has 0 radical (unpaired) electrons. The third-order valence-corrected chi connectivity index (χ3v) is 5.77. The van der Waals surface area contributed by atoms with E-state index in [9.17, 15) is 12.8 Å². The zero-order valence-corrected chi connectivity index (χ0v) is 15.3. The van der Waals surface area contributed by atoms with Crippen LogP contribution in [-0.2, 0) is 23.0 Å². The third kappa shape index (κ3) is 4.49. The van der Waals surface area contributed by atoms with E-state index in [0.29, 0.717) is 13.0 Å². The summed E-state index contributed by atoms with van der Waals surface area (Å²) in [6.07, 6.45) is 3.95. The molecule has 0 unspecified atom stereocenters. The first-order valence-corrected chi connectivity index (χ1v) is 9.80. The van der Waals surface area contributed by atoms with Crippen LogP contribution in [-0.4, -0.2) is 24.5 Å². The van der Waals surface area contributed by atoms with Crippen molar-refractivity contribution in [2.75, 3.05) is 6.54 Å². The van der Waals surface area contributed by atoms with Crippen molar-refractivity contribution < 1.29 is 12.8 Å². The molecule has 5 nitrogen and oxygen atoms in total. The molecule has 0 fully saturated rings. The first-order valence-electron chi connectivity index (χ1n) is 7.94. The minimum absolute atomic E-state index is 0.145. The van der Waals surface area contributed by atoms with Gasteiger partial charge in [-0.15, -0.1) is 0 Å². The van der Waals surface area contributed by atoms with E-state index in [0.717, 1.165) is 29.6 Å². The number of hydrogen-bond donors (Lipinski definition) is 1. The number of aromatic nitrogens is 2. The van der Waals surface area contributed by atoms with Crippen LogP contribution in [0.2, 0.25) is 5.02 Å². The quantitative estimate of drug-likeness (QED) is 0.670. The zero-order valence-electron chi connectivity index (χ0n) is 13.8. The summed E-state index contributed by atoms with van der Waals surface area (Å²) < 4.78 is 42.2. The van der Waals surface area contributed by atoms with Gasteiger partial charge in [-0.05, 0) is 23.8 Å². The molecule has 0 bridgehead atoms. The maximum absolute atomic E-state index is 13.1. The summed E-state index contributed by atoms with van der Waals surface area (Å²) >= 11 is 5.83. The number of sulfonamides is 1. The lowest BCUT2D eigenvalue weighted by Crippen LogP contribution is -2.27. The Kier molecular flexibility index (Phi) is 5.70. The largest absolute Gasteiger partial charge is 0.330 e. The Morgan fingerprint density at radius 1 is 1.15 bits per heavy atom. The van der Waals surface area contributed by atoms with Crippen LogP contribution in [0.15, 0.2) is 65.8 Å². The van der Waals surface area contributed by atoms with Gasteiger partial charge in [-0.3, -0.25) is 0 Å². The minimum atomic E-state index is -3.82. The molecule has 0 saturated carbocycles. The first-order chi connectivity index (χ1) is 12.5. The van der Waals surface area contributed by atoms with Crippen molar-refractivity contribution in [2.24, 2.45) is 0 Å². The van der Waals surface area contributed by atoms with E-state index < -0.39 is 15.8 Å². The van der Waals surface area contributed by atoms with Crippen molar-refractivity contribution in [3.05, 3.63) is 83.2 Å². The Labute approximate surface area is 156 Å². The molecule has 0 saturated heterocycles. The van der Waals surface area contributed by atoms with E-state index in [1.165, 1.54) is 0 Å². The molecule has 1 heterocycles. The highest BCUT2D eigenvalue weighted by molar-refractivity contribution is 7.89. The minimum Gasteiger partial charge on any atom is -0.330 e. The van der Waals surface area contributed by atoms with Gasteiger partial charge in [0.1, 0.15) is 16.5 Å². The second-order valence-corrected chi connectivity index (χ2v) is 7.82. The lowest BCUT2D eigenvalue weighted by atomic mass is 10.2. The fraction of sp³-hybridized carbons (Fsp3) is 0.167. The zero-order chi connectivity index (χ0) is 18.6. The summed E-state index contributed by atoms with van der Waals surface area (Å²) in [6.45, 7) is 0.814. The van der Waals surface area contributed by atoms with E-state index >= 15 is 0 Å². The van der Waals surface area contributed by atoms with Gasteiger partial charge in [0.2, 0.25) is 10.0 Å². The topological polar surface area (TPSA) is 64.0 Å². The maximum Gasteiger partial charge on any atom is 0.242 e. The molecular weight excluding hydrogens is 377 g/mol. The molecule has 3 rings (SSSR count). The molecule has 0 aliphatic carbocycles. The van der Waals surface area contributed by atoms with Crippen molar-refractivity contribution in [1.82, 2.24) is 14.3 Å². The van der Waals surface area contributed by atoms with Crippen LogP contribution in [0.4, 0.5) is 4.39 Å². The molecule has 136 valence electrons. The number of halogens is 2. The Morgan fingerprint density at radius 2 is 1.92 bits per heavy atom. The SMILES string of the molecule is O=S(=O)(NCCc1nccn1Cc1ccccc1)c1ccc(F)cc1Cl. The van der Waals surface area contributed by atoms with Gasteiger partial charge in [-0.25, -0.2) is 22.5 Å². The molecule has 0 atom stereocenters. The Bertz CT molecular complexity index is 991. The predicted molar refractivity (Wildman–Crippen MR) is 98.1 cm³/mol. The molecule has 3 aromatic rings. The molecule has 26 heavy (non-hydrogen) atoms. The van der Waals surface area contributed by atoms with Gasteiger partial charge in [0.25, 0.3) is 0 Å². The molecule has 1 aromatic heterocycles. The van der Waals surface area contributed by atoms with Crippen LogP contribution in [0.3, 0.4) is 0 Å². The van der Waals surface area contributed by atoms with Crippen LogP contribution >= 0.6 is 11.6 Å². The molecule has 2 aromatic carbocycles. The van der Waals surface area contributed by atoms with Gasteiger partial charge in [-0.2, -0.15) is 0 Å². The number of hydrogen-bond acceptors (Lipinski definition) is 3. The molecule has 0 aliphatic rings. The van der Waals surface area contributed by atoms with Crippen LogP contribution in [0.1, 0.15) is 11.4 Å². The highest BCUT2D eigenvalue weighted by Gasteiger charge is 2.18. The van der Waals surface area contributed by atoms with Crippen LogP contribution in [0, 0.1) is 5.82 Å². The number of rotatable bonds is 7. The van der Waals surface area contributed by atoms with Gasteiger partial charge >= 0.3 is 0 Å². The number of benzene rings is 2. The Morgan fingerprint density at radius 3 is 2.65 bits per heavy atom. The monoisotopic (exact) mass is 393 g/mol. The van der Waals surface area contributed by atoms with Gasteiger partial charge in [-0.1, -0.05) is 41.9 Å². The second-order valence-electron chi connectivity index (χ2n) is 5.68. The number of imidazole rings is 1. The molecular formula is C18H17ClFN3O2S. The summed E-state index contributed by atoms with van der Waals surface area (Å²) in [5.74, 6) is 0.179. The van der Waals surface area contributed by atoms with E-state index in [2.05, 4.69) is 9.71 Å². The van der Waals surface area contributed by atoms with Crippen LogP contribution in [0.25, 0.3) is 0 Å². The van der Waals surface area contributed by atoms with Crippen molar-refractivity contribution in [1.29, 1.82) is 0 Å². The van der Waals surface area contributed by atoms with Crippen molar-refractivity contribution in [2.45, 2.75) is 17.9 Å². The average Bonchev–Trinajstić information content (AvgIpc) is 3.02. The Balaban J connectivity index is 1.64. The summed E-state index contributed by atoms with van der Waals surface area (Å²) in [7, 11) is -3.82. The fourth-order valence-corrected chi connectivity index (χ4v) is 4.12. The van der Waals surface area contributed by atoms with E-state index in [1.54, 1.807) is 6.20 Å². The normalized spacial score (nSPS) is 11.6. The highest BCUT2D eigenvalue weighted by Crippen LogP contribution is 2.21. The molecule has 0 aliphatic heterocycles. The van der Waals surface area contributed by atoms with Gasteiger partial charge in [0.05, 0.1) is 5.02 Å². The third-order valence-electron chi connectivity index (χ3n) is 3.82. The molecule has 0 amide bonds. The van der Waals surface area contributed by atoms with Gasteiger partial charge in [0.15, 0.2) is 0 Å². The van der Waals surface area contributed by atoms with E-state index in [4.69, 9.17) is 11.6 Å². The summed E-state index contributed by atoms with van der Waals surface area (Å²) in [5, 5.41) is -0.150. The lowest BCUT2D eigenvalue weighted by Gasteiger charge is -2.10. The molecule has 0 spiro atoms. The number of nitrogens with zero attached hydrogens (tertiary/aromatic N) is 2. The van der Waals surface area contributed by atoms with E-state index in [1.807, 2.05) is 41.1 Å². The predicted octanol–water partition coefficient (Wildman–Crippen LogP) is 3.24. The molecule has 1 N–H and O–H groups in total. The summed E-state index contributed by atoms with van der Waals surface area (Å²) in [5.41, 5.74) is 1.13. The first kappa shape index (κ1) is 18.6. The van der Waals surface area contributed by atoms with Gasteiger partial charge < -0.3 is 4.57 Å². The second kappa shape index (κ2) is 7.99. The van der Waals surface area contributed by atoms with Crippen LogP contribution in [0.5, 0.6) is 0 Å². The van der Waals surface area contributed by atoms with Crippen molar-refractivity contribution in [3.63, 3.8) is 0 Å². The molecule has 8 heteroatoms. The standard InChI is InChI=1S/C18H17ClFN3O2S/c19-16-12-15(20)6-7-17(16)26(24,25)22-9-8-18-21-10-11-23(18)13-14-4-2-1-3-5-14/h1-7,10-12,22H,8-9,13H2. The Hall–Kier alpha value is -2.22. The lowest BCUT2D eigenvalue weighted by molar-refractivity contribution is 0.578. The fourth-order valence-electron chi connectivity index (χ4n) is 2.56. The van der Waals surface area contributed by atoms with Gasteiger partial charge in [0, 0.05) is 31.9 Å². The smallest absolute Gasteiger partial charge is 0.242 e. The highest BCUT2D eigenvalue weighted by atomic mass is 35.5. The summed E-state index contributed by atoms with van der Waals surface area (Å²) in [6, 6.07) is 13.1. The van der Waals surface area contributed by atoms with E-state index in [-0.39, 0.29) is 16.5 Å². The average molecular weight is 394 g/mol. The van der Waals surface area contributed by atoms with Crippen molar-refractivity contribution >= 4 is 21.6 Å². The maximum atomic E-state index is 13.1.